The normalized spacial score (nSPS) is 17.1. The van der Waals surface area contributed by atoms with Crippen molar-refractivity contribution in [2.24, 2.45) is 0 Å². The number of aromatic nitrogens is 1. The fourth-order valence-electron chi connectivity index (χ4n) is 3.87. The van der Waals surface area contributed by atoms with Crippen LogP contribution in [0.4, 0.5) is 5.69 Å². The van der Waals surface area contributed by atoms with Gasteiger partial charge in [-0.3, -0.25) is 19.5 Å². The van der Waals surface area contributed by atoms with Gasteiger partial charge in [-0.15, -0.1) is 0 Å². The molecule has 1 atom stereocenters. The number of pyridine rings is 1. The molecule has 0 radical (unpaired) electrons. The van der Waals surface area contributed by atoms with Crippen molar-refractivity contribution in [1.29, 1.82) is 0 Å². The van der Waals surface area contributed by atoms with Crippen molar-refractivity contribution in [3.05, 3.63) is 82.6 Å². The van der Waals surface area contributed by atoms with Gasteiger partial charge in [0.1, 0.15) is 29.0 Å². The molecule has 174 valence electrons. The molecule has 0 bridgehead atoms. The van der Waals surface area contributed by atoms with Crippen LogP contribution in [0.3, 0.4) is 0 Å². The summed E-state index contributed by atoms with van der Waals surface area (Å²) in [6.45, 7) is 0. The molecule has 0 aliphatic carbocycles. The number of ether oxygens (including phenoxy) is 3. The van der Waals surface area contributed by atoms with E-state index in [0.29, 0.717) is 17.1 Å². The highest BCUT2D eigenvalue weighted by Gasteiger charge is 2.48. The Morgan fingerprint density at radius 1 is 0.971 bits per heavy atom. The molecule has 1 amide bonds. The number of rotatable bonds is 6. The van der Waals surface area contributed by atoms with E-state index in [0.717, 1.165) is 0 Å². The highest BCUT2D eigenvalue weighted by atomic mass is 35.5. The number of halogens is 1. The number of ketones is 1. The Kier molecular flexibility index (Phi) is 6.43. The Balaban J connectivity index is 1.98. The van der Waals surface area contributed by atoms with E-state index in [-0.39, 0.29) is 27.7 Å². The third kappa shape index (κ3) is 3.92. The van der Waals surface area contributed by atoms with Gasteiger partial charge < -0.3 is 19.3 Å². The minimum absolute atomic E-state index is 0.144. The number of hydrogen-bond acceptors (Lipinski definition) is 7. The first-order chi connectivity index (χ1) is 16.4. The fourth-order valence-corrected chi connectivity index (χ4v) is 4.10. The number of hydrogen-bond donors (Lipinski definition) is 1. The zero-order chi connectivity index (χ0) is 24.4. The predicted octanol–water partition coefficient (Wildman–Crippen LogP) is 4.39. The second-order valence-corrected chi connectivity index (χ2v) is 7.72. The third-order valence-electron chi connectivity index (χ3n) is 5.47. The van der Waals surface area contributed by atoms with E-state index in [1.54, 1.807) is 48.7 Å². The monoisotopic (exact) mass is 480 g/mol. The first kappa shape index (κ1) is 23.1. The summed E-state index contributed by atoms with van der Waals surface area (Å²) in [5.41, 5.74) is 0.810. The van der Waals surface area contributed by atoms with Gasteiger partial charge in [-0.05, 0) is 30.3 Å². The first-order valence-corrected chi connectivity index (χ1v) is 10.6. The van der Waals surface area contributed by atoms with Crippen molar-refractivity contribution >= 4 is 34.7 Å². The van der Waals surface area contributed by atoms with Crippen LogP contribution in [0.15, 0.2) is 66.4 Å². The summed E-state index contributed by atoms with van der Waals surface area (Å²) in [6.07, 6.45) is 1.55. The van der Waals surface area contributed by atoms with Crippen LogP contribution < -0.4 is 19.1 Å². The molecule has 8 nitrogen and oxygen atoms in total. The number of nitrogens with zero attached hydrogens (tertiary/aromatic N) is 2. The second-order valence-electron chi connectivity index (χ2n) is 7.31. The molecule has 2 aromatic carbocycles. The Bertz CT molecular complexity index is 1290. The number of aliphatic hydroxyl groups excluding tert-OH is 1. The maximum absolute atomic E-state index is 13.3. The Morgan fingerprint density at radius 3 is 2.38 bits per heavy atom. The molecule has 1 N–H and O–H groups in total. The van der Waals surface area contributed by atoms with E-state index in [1.807, 2.05) is 0 Å². The van der Waals surface area contributed by atoms with E-state index in [2.05, 4.69) is 4.98 Å². The molecule has 1 unspecified atom stereocenters. The molecule has 1 aromatic heterocycles. The first-order valence-electron chi connectivity index (χ1n) is 10.2. The van der Waals surface area contributed by atoms with E-state index < -0.39 is 23.5 Å². The van der Waals surface area contributed by atoms with Crippen molar-refractivity contribution in [2.75, 3.05) is 26.2 Å². The van der Waals surface area contributed by atoms with Crippen molar-refractivity contribution in [3.8, 4) is 17.2 Å². The Morgan fingerprint density at radius 2 is 1.74 bits per heavy atom. The Labute approximate surface area is 201 Å². The maximum atomic E-state index is 13.3. The second kappa shape index (κ2) is 9.44. The van der Waals surface area contributed by atoms with Crippen molar-refractivity contribution in [3.63, 3.8) is 0 Å². The lowest BCUT2D eigenvalue weighted by atomic mass is 9.97. The van der Waals surface area contributed by atoms with Gasteiger partial charge in [-0.1, -0.05) is 23.7 Å². The molecule has 1 aliphatic rings. The van der Waals surface area contributed by atoms with E-state index in [4.69, 9.17) is 25.8 Å². The quantitative estimate of drug-likeness (QED) is 0.317. The van der Waals surface area contributed by atoms with Crippen LogP contribution >= 0.6 is 11.6 Å². The molecule has 4 rings (SSSR count). The van der Waals surface area contributed by atoms with Crippen molar-refractivity contribution in [2.45, 2.75) is 6.04 Å². The highest BCUT2D eigenvalue weighted by Crippen LogP contribution is 2.44. The average Bonchev–Trinajstić information content (AvgIpc) is 3.14. The molecular weight excluding hydrogens is 460 g/mol. The van der Waals surface area contributed by atoms with Gasteiger partial charge in [0.2, 0.25) is 0 Å². The lowest BCUT2D eigenvalue weighted by Gasteiger charge is -2.25. The Hall–Kier alpha value is -4.04. The van der Waals surface area contributed by atoms with E-state index >= 15 is 0 Å². The molecule has 3 aromatic rings. The van der Waals surface area contributed by atoms with Gasteiger partial charge in [0.15, 0.2) is 0 Å². The number of anilines is 1. The van der Waals surface area contributed by atoms with Crippen LogP contribution in [0.2, 0.25) is 5.02 Å². The third-order valence-corrected chi connectivity index (χ3v) is 5.77. The lowest BCUT2D eigenvalue weighted by molar-refractivity contribution is -0.132. The van der Waals surface area contributed by atoms with Crippen LogP contribution in [0.5, 0.6) is 17.2 Å². The van der Waals surface area contributed by atoms with Crippen molar-refractivity contribution in [1.82, 2.24) is 4.98 Å². The van der Waals surface area contributed by atoms with Crippen LogP contribution in [0.1, 0.15) is 17.3 Å². The SMILES string of the molecule is COc1cccc(N2C(=O)C(=O)/C(=C(/O)c3cc(OC)c(Cl)cc3OC)C2c2ccccn2)c1. The number of aliphatic hydroxyl groups is 1. The van der Waals surface area contributed by atoms with E-state index in [9.17, 15) is 14.7 Å². The smallest absolute Gasteiger partial charge is 0.300 e. The standard InChI is InChI=1S/C25H21ClN2O6/c1-32-15-8-6-7-14(11-15)28-22(18-9-4-5-10-27-18)21(24(30)25(28)31)23(29)16-12-20(34-3)17(26)13-19(16)33-2/h4-13,22,29H,1-3H3/b23-21+. The molecule has 1 fully saturated rings. The zero-order valence-corrected chi connectivity index (χ0v) is 19.4. The largest absolute Gasteiger partial charge is 0.507 e. The summed E-state index contributed by atoms with van der Waals surface area (Å²) in [5.74, 6) is -1.15. The predicted molar refractivity (Wildman–Crippen MR) is 127 cm³/mol. The van der Waals surface area contributed by atoms with Crippen molar-refractivity contribution < 1.29 is 28.9 Å². The van der Waals surface area contributed by atoms with Crippen LogP contribution in [-0.2, 0) is 9.59 Å². The van der Waals surface area contributed by atoms with Gasteiger partial charge in [-0.2, -0.15) is 0 Å². The maximum Gasteiger partial charge on any atom is 0.300 e. The number of carbonyl (C=O) groups is 2. The molecule has 34 heavy (non-hydrogen) atoms. The van der Waals surface area contributed by atoms with Crippen LogP contribution in [-0.4, -0.2) is 43.1 Å². The molecule has 1 aliphatic heterocycles. The van der Waals surface area contributed by atoms with E-state index in [1.165, 1.54) is 38.4 Å². The molecule has 0 spiro atoms. The lowest BCUT2D eigenvalue weighted by Crippen LogP contribution is -2.29. The van der Waals surface area contributed by atoms with Crippen LogP contribution in [0.25, 0.3) is 5.76 Å². The molecule has 2 heterocycles. The summed E-state index contributed by atoms with van der Waals surface area (Å²) in [6, 6.07) is 13.8. The molecule has 1 saturated heterocycles. The van der Waals surface area contributed by atoms with Gasteiger partial charge in [0.05, 0.1) is 43.2 Å². The van der Waals surface area contributed by atoms with Gasteiger partial charge in [0, 0.05) is 24.0 Å². The zero-order valence-electron chi connectivity index (χ0n) is 18.6. The number of benzene rings is 2. The fraction of sp³-hybridized carbons (Fsp3) is 0.160. The van der Waals surface area contributed by atoms with Crippen LogP contribution in [0, 0.1) is 0 Å². The summed E-state index contributed by atoms with van der Waals surface area (Å²) in [7, 11) is 4.33. The van der Waals surface area contributed by atoms with Gasteiger partial charge >= 0.3 is 0 Å². The summed E-state index contributed by atoms with van der Waals surface area (Å²) < 4.78 is 15.9. The minimum Gasteiger partial charge on any atom is -0.507 e. The number of amides is 1. The number of Topliss-reactive ketones (excluding diaryl/α,β-unsaturated/α-hetero) is 1. The topological polar surface area (TPSA) is 98.2 Å². The highest BCUT2D eigenvalue weighted by molar-refractivity contribution is 6.51. The molecule has 9 heteroatoms. The molecule has 0 saturated carbocycles. The summed E-state index contributed by atoms with van der Waals surface area (Å²) in [5, 5.41) is 11.6. The summed E-state index contributed by atoms with van der Waals surface area (Å²) >= 11 is 6.20. The average molecular weight is 481 g/mol. The number of carbonyl (C=O) groups excluding carboxylic acids is 2. The molecular formula is C25H21ClN2O6. The summed E-state index contributed by atoms with van der Waals surface area (Å²) in [4.78, 5) is 32.2. The van der Waals surface area contributed by atoms with Gasteiger partial charge in [0.25, 0.3) is 11.7 Å². The van der Waals surface area contributed by atoms with Gasteiger partial charge in [-0.25, -0.2) is 0 Å². The number of methoxy groups -OCH3 is 3. The minimum atomic E-state index is -1.00.